The van der Waals surface area contributed by atoms with Crippen molar-refractivity contribution < 1.29 is 27.4 Å². The van der Waals surface area contributed by atoms with Crippen LogP contribution in [0, 0.1) is 23.6 Å². The second kappa shape index (κ2) is 8.86. The molecule has 0 bridgehead atoms. The van der Waals surface area contributed by atoms with Crippen LogP contribution in [0.5, 0.6) is 0 Å². The highest BCUT2D eigenvalue weighted by molar-refractivity contribution is 6.07. The lowest BCUT2D eigenvalue weighted by molar-refractivity contribution is -0.132. The molecule has 0 saturated heterocycles. The number of aliphatic imine (C=N–C) groups is 1. The molecule has 1 aliphatic carbocycles. The van der Waals surface area contributed by atoms with Crippen LogP contribution in [0.1, 0.15) is 24.5 Å². The Balaban J connectivity index is 2.09. The van der Waals surface area contributed by atoms with Crippen molar-refractivity contribution in [1.29, 1.82) is 0 Å². The van der Waals surface area contributed by atoms with Crippen molar-refractivity contribution in [2.45, 2.75) is 25.5 Å². The Hall–Kier alpha value is -3.25. The molecule has 1 aliphatic heterocycles. The molecule has 1 amide bonds. The zero-order chi connectivity index (χ0) is 22.8. The van der Waals surface area contributed by atoms with E-state index in [-0.39, 0.29) is 30.3 Å². The Morgan fingerprint density at radius 1 is 1.42 bits per heavy atom. The highest BCUT2D eigenvalue weighted by Gasteiger charge is 2.53. The van der Waals surface area contributed by atoms with E-state index in [4.69, 9.17) is 10.5 Å². The number of amides is 1. The Morgan fingerprint density at radius 3 is 2.74 bits per heavy atom. The van der Waals surface area contributed by atoms with Gasteiger partial charge >= 0.3 is 6.61 Å². The smallest absolute Gasteiger partial charge is 0.387 e. The molecule has 31 heavy (non-hydrogen) atoms. The quantitative estimate of drug-likeness (QED) is 0.725. The number of likely N-dealkylation sites (N-methyl/N-ethyl adjacent to an activating group) is 1. The Bertz CT molecular complexity index is 1040. The first kappa shape index (κ1) is 22.4. The molecule has 0 saturated carbocycles. The van der Waals surface area contributed by atoms with E-state index in [1.165, 1.54) is 43.3 Å². The molecular formula is C22H22F3N3O3. The van der Waals surface area contributed by atoms with Crippen molar-refractivity contribution in [1.82, 2.24) is 4.90 Å². The third kappa shape index (κ3) is 4.16. The number of guanidine groups is 1. The van der Waals surface area contributed by atoms with E-state index in [9.17, 15) is 18.0 Å². The van der Waals surface area contributed by atoms with Gasteiger partial charge in [-0.2, -0.15) is 8.78 Å². The molecule has 1 aromatic rings. The van der Waals surface area contributed by atoms with E-state index in [1.54, 1.807) is 13.0 Å². The van der Waals surface area contributed by atoms with Crippen LogP contribution in [0.15, 0.2) is 46.7 Å². The number of nitrogens with two attached hydrogens (primary N) is 1. The largest absolute Gasteiger partial charge is 0.435 e. The maximum atomic E-state index is 14.3. The minimum absolute atomic E-state index is 0.00556. The normalized spacial score (nSPS) is 23.2. The molecule has 1 unspecified atom stereocenters. The fraction of sp³-hybridized carbons (Fsp3) is 0.364. The van der Waals surface area contributed by atoms with Gasteiger partial charge in [0.1, 0.15) is 18.2 Å². The molecule has 1 aromatic carbocycles. The van der Waals surface area contributed by atoms with Gasteiger partial charge in [-0.05, 0) is 42.7 Å². The molecule has 2 atom stereocenters. The van der Waals surface area contributed by atoms with Gasteiger partial charge in [0.2, 0.25) is 0 Å². The van der Waals surface area contributed by atoms with Crippen LogP contribution in [-0.2, 0) is 19.8 Å². The van der Waals surface area contributed by atoms with Crippen molar-refractivity contribution in [3.63, 3.8) is 0 Å². The van der Waals surface area contributed by atoms with Crippen LogP contribution in [0.25, 0.3) is 0 Å². The number of rotatable bonds is 5. The van der Waals surface area contributed by atoms with Gasteiger partial charge in [-0.1, -0.05) is 24.0 Å². The second-order valence-electron chi connectivity index (χ2n) is 7.22. The van der Waals surface area contributed by atoms with E-state index >= 15 is 0 Å². The molecule has 3 rings (SSSR count). The number of alkyl halides is 2. The van der Waals surface area contributed by atoms with Gasteiger partial charge in [-0.15, -0.1) is 0 Å². The minimum atomic E-state index is -2.96. The van der Waals surface area contributed by atoms with Crippen molar-refractivity contribution in [2.24, 2.45) is 16.6 Å². The maximum absolute atomic E-state index is 14.3. The SMILES string of the molecule is COCC#Cc1cc([C@@]2(C3C=CC(OC(F)F)=C(C)C3)N=C(N)N(C)C2=O)ccc1F. The number of hydrogen-bond acceptors (Lipinski definition) is 5. The van der Waals surface area contributed by atoms with Crippen LogP contribution < -0.4 is 5.73 Å². The molecule has 1 heterocycles. The first-order valence-corrected chi connectivity index (χ1v) is 9.44. The summed E-state index contributed by atoms with van der Waals surface area (Å²) < 4.78 is 49.0. The minimum Gasteiger partial charge on any atom is -0.435 e. The van der Waals surface area contributed by atoms with Crippen molar-refractivity contribution in [3.05, 3.63) is 58.6 Å². The molecule has 0 aromatic heterocycles. The van der Waals surface area contributed by atoms with Crippen LogP contribution in [-0.4, -0.2) is 44.1 Å². The van der Waals surface area contributed by atoms with Gasteiger partial charge in [-0.3, -0.25) is 9.69 Å². The van der Waals surface area contributed by atoms with Gasteiger partial charge in [0.05, 0.1) is 5.56 Å². The summed E-state index contributed by atoms with van der Waals surface area (Å²) in [6.45, 7) is -1.20. The van der Waals surface area contributed by atoms with Crippen LogP contribution in [0.2, 0.25) is 0 Å². The second-order valence-corrected chi connectivity index (χ2v) is 7.22. The summed E-state index contributed by atoms with van der Waals surface area (Å²) in [7, 11) is 2.96. The molecule has 0 fully saturated rings. The van der Waals surface area contributed by atoms with E-state index in [1.807, 2.05) is 0 Å². The number of nitrogens with zero attached hydrogens (tertiary/aromatic N) is 2. The number of benzene rings is 1. The number of allylic oxidation sites excluding steroid dienone is 2. The summed E-state index contributed by atoms with van der Waals surface area (Å²) in [5.74, 6) is 3.90. The molecule has 6 nitrogen and oxygen atoms in total. The number of halogens is 3. The van der Waals surface area contributed by atoms with Gasteiger partial charge in [-0.25, -0.2) is 9.38 Å². The monoisotopic (exact) mass is 433 g/mol. The van der Waals surface area contributed by atoms with Crippen LogP contribution in [0.4, 0.5) is 13.2 Å². The highest BCUT2D eigenvalue weighted by Crippen LogP contribution is 2.45. The van der Waals surface area contributed by atoms with Gasteiger partial charge in [0.15, 0.2) is 11.5 Å². The molecule has 0 spiro atoms. The van der Waals surface area contributed by atoms with E-state index in [0.29, 0.717) is 11.1 Å². The van der Waals surface area contributed by atoms with Crippen molar-refractivity contribution in [2.75, 3.05) is 20.8 Å². The fourth-order valence-electron chi connectivity index (χ4n) is 3.74. The Kier molecular flexibility index (Phi) is 6.41. The van der Waals surface area contributed by atoms with E-state index in [2.05, 4.69) is 21.6 Å². The number of carbonyl (C=O) groups excluding carboxylic acids is 1. The lowest BCUT2D eigenvalue weighted by Gasteiger charge is -2.34. The first-order chi connectivity index (χ1) is 14.7. The number of carbonyl (C=O) groups is 1. The molecular weight excluding hydrogens is 411 g/mol. The number of ether oxygens (including phenoxy) is 2. The number of methoxy groups -OCH3 is 1. The molecule has 2 aliphatic rings. The summed E-state index contributed by atoms with van der Waals surface area (Å²) in [6.07, 6.45) is 3.21. The Morgan fingerprint density at radius 2 is 2.16 bits per heavy atom. The van der Waals surface area contributed by atoms with Crippen molar-refractivity contribution >= 4 is 11.9 Å². The summed E-state index contributed by atoms with van der Waals surface area (Å²) in [4.78, 5) is 19.0. The summed E-state index contributed by atoms with van der Waals surface area (Å²) >= 11 is 0. The zero-order valence-electron chi connectivity index (χ0n) is 17.3. The van der Waals surface area contributed by atoms with Gasteiger partial charge in [0.25, 0.3) is 5.91 Å². The zero-order valence-corrected chi connectivity index (χ0v) is 17.3. The summed E-state index contributed by atoms with van der Waals surface area (Å²) in [5, 5.41) is 0. The topological polar surface area (TPSA) is 77.2 Å². The average Bonchev–Trinajstić information content (AvgIpc) is 2.95. The lowest BCUT2D eigenvalue weighted by Crippen LogP contribution is -2.45. The maximum Gasteiger partial charge on any atom is 0.387 e. The molecule has 0 radical (unpaired) electrons. The van der Waals surface area contributed by atoms with Crippen molar-refractivity contribution in [3.8, 4) is 11.8 Å². The van der Waals surface area contributed by atoms with E-state index in [0.717, 1.165) is 0 Å². The highest BCUT2D eigenvalue weighted by atomic mass is 19.3. The third-order valence-electron chi connectivity index (χ3n) is 5.29. The van der Waals surface area contributed by atoms with Crippen LogP contribution >= 0.6 is 0 Å². The molecule has 9 heteroatoms. The van der Waals surface area contributed by atoms with Gasteiger partial charge < -0.3 is 15.2 Å². The first-order valence-electron chi connectivity index (χ1n) is 9.44. The predicted octanol–water partition coefficient (Wildman–Crippen LogP) is 2.89. The average molecular weight is 433 g/mol. The third-order valence-corrected chi connectivity index (χ3v) is 5.29. The van der Waals surface area contributed by atoms with Gasteiger partial charge in [0, 0.05) is 20.1 Å². The summed E-state index contributed by atoms with van der Waals surface area (Å²) in [5.41, 5.74) is 5.48. The Labute approximate surface area is 178 Å². The number of hydrogen-bond donors (Lipinski definition) is 1. The standard InChI is InChI=1S/C22H22F3N3O3/c1-13-11-15(7-9-18(13)31-20(24)25)22(19(29)28(2)21(26)27-22)16-6-8-17(23)14(12-16)5-4-10-30-3/h6-9,12,15,20H,10-11H2,1-3H3,(H2,26,27)/t15?,22-/m1/s1. The lowest BCUT2D eigenvalue weighted by atomic mass is 9.73. The van der Waals surface area contributed by atoms with Crippen LogP contribution in [0.3, 0.4) is 0 Å². The molecule has 2 N–H and O–H groups in total. The summed E-state index contributed by atoms with van der Waals surface area (Å²) in [6, 6.07) is 4.14. The fourth-order valence-corrected chi connectivity index (χ4v) is 3.74. The van der Waals surface area contributed by atoms with E-state index < -0.39 is 29.8 Å². The molecule has 164 valence electrons. The predicted molar refractivity (Wildman–Crippen MR) is 108 cm³/mol.